The third-order valence-corrected chi connectivity index (χ3v) is 6.76. The smallest absolute Gasteiger partial charge is 0.253 e. The summed E-state index contributed by atoms with van der Waals surface area (Å²) in [5.74, 6) is 0. The standard InChI is InChI=1S/C17H20ClN3O2S2/c1-13-6-4-5-7-17(13)25(22,23)21(3)24-20-11-10-19-16-9-8-15(18)12-14(16)2/h4-10,12,20H,11H2,1-3H3. The minimum Gasteiger partial charge on any atom is -0.260 e. The van der Waals surface area contributed by atoms with Gasteiger partial charge >= 0.3 is 0 Å². The van der Waals surface area contributed by atoms with Crippen LogP contribution in [0.5, 0.6) is 0 Å². The molecule has 0 fully saturated rings. The summed E-state index contributed by atoms with van der Waals surface area (Å²) < 4.78 is 29.2. The van der Waals surface area contributed by atoms with E-state index in [1.54, 1.807) is 37.4 Å². The second kappa shape index (κ2) is 8.82. The first-order chi connectivity index (χ1) is 11.8. The Morgan fingerprint density at radius 3 is 2.60 bits per heavy atom. The molecule has 0 aliphatic heterocycles. The lowest BCUT2D eigenvalue weighted by molar-refractivity contribution is 0.563. The van der Waals surface area contributed by atoms with Crippen molar-refractivity contribution in [2.45, 2.75) is 18.7 Å². The monoisotopic (exact) mass is 397 g/mol. The van der Waals surface area contributed by atoms with Gasteiger partial charge in [0.05, 0.1) is 10.6 Å². The molecule has 134 valence electrons. The molecule has 25 heavy (non-hydrogen) atoms. The third-order valence-electron chi connectivity index (χ3n) is 3.47. The van der Waals surface area contributed by atoms with Gasteiger partial charge in [-0.15, -0.1) is 3.71 Å². The summed E-state index contributed by atoms with van der Waals surface area (Å²) >= 11 is 6.92. The van der Waals surface area contributed by atoms with E-state index in [1.807, 2.05) is 25.1 Å². The van der Waals surface area contributed by atoms with Gasteiger partial charge in [0.2, 0.25) is 0 Å². The lowest BCUT2D eigenvalue weighted by Crippen LogP contribution is -2.25. The van der Waals surface area contributed by atoms with Crippen LogP contribution in [-0.4, -0.2) is 31.9 Å². The number of hydrogen-bond donors (Lipinski definition) is 1. The van der Waals surface area contributed by atoms with Crippen molar-refractivity contribution in [3.63, 3.8) is 0 Å². The normalized spacial score (nSPS) is 12.2. The average molecular weight is 398 g/mol. The van der Waals surface area contributed by atoms with Crippen molar-refractivity contribution in [2.75, 3.05) is 13.6 Å². The fourth-order valence-electron chi connectivity index (χ4n) is 2.11. The maximum Gasteiger partial charge on any atom is 0.253 e. The lowest BCUT2D eigenvalue weighted by Gasteiger charge is -2.16. The van der Waals surface area contributed by atoms with Gasteiger partial charge in [-0.2, -0.15) is 0 Å². The van der Waals surface area contributed by atoms with Crippen LogP contribution in [-0.2, 0) is 10.0 Å². The number of aryl methyl sites for hydroxylation is 2. The number of hydrogen-bond acceptors (Lipinski definition) is 5. The van der Waals surface area contributed by atoms with E-state index in [2.05, 4.69) is 9.71 Å². The summed E-state index contributed by atoms with van der Waals surface area (Å²) in [7, 11) is -2.03. The van der Waals surface area contributed by atoms with Crippen LogP contribution in [0.15, 0.2) is 52.4 Å². The number of rotatable bonds is 7. The number of nitrogens with zero attached hydrogens (tertiary/aromatic N) is 2. The van der Waals surface area contributed by atoms with Crippen molar-refractivity contribution in [1.82, 2.24) is 8.43 Å². The zero-order valence-electron chi connectivity index (χ0n) is 14.2. The Morgan fingerprint density at radius 1 is 1.20 bits per heavy atom. The Hall–Kier alpha value is -1.38. The molecule has 0 amide bonds. The molecular weight excluding hydrogens is 378 g/mol. The topological polar surface area (TPSA) is 61.8 Å². The van der Waals surface area contributed by atoms with E-state index >= 15 is 0 Å². The van der Waals surface area contributed by atoms with Gasteiger partial charge in [-0.25, -0.2) is 13.1 Å². The highest BCUT2D eigenvalue weighted by atomic mass is 35.5. The predicted molar refractivity (Wildman–Crippen MR) is 106 cm³/mol. The van der Waals surface area contributed by atoms with Gasteiger partial charge < -0.3 is 0 Å². The molecule has 0 bridgehead atoms. The lowest BCUT2D eigenvalue weighted by atomic mass is 10.2. The van der Waals surface area contributed by atoms with Crippen LogP contribution >= 0.6 is 23.7 Å². The molecule has 0 saturated carbocycles. The third kappa shape index (κ3) is 5.29. The number of aliphatic imine (C=N–C) groups is 1. The SMILES string of the molecule is Cc1cc(Cl)ccc1N=CCNSN(C)S(=O)(=O)c1ccccc1C. The molecule has 0 aliphatic carbocycles. The Balaban J connectivity index is 1.91. The van der Waals surface area contributed by atoms with Crippen LogP contribution in [0.2, 0.25) is 5.02 Å². The van der Waals surface area contributed by atoms with Crippen molar-refractivity contribution >= 4 is 45.7 Å². The van der Waals surface area contributed by atoms with Gasteiger partial charge in [-0.05, 0) is 49.2 Å². The Bertz CT molecular complexity index is 870. The van der Waals surface area contributed by atoms with E-state index < -0.39 is 10.0 Å². The molecule has 8 heteroatoms. The largest absolute Gasteiger partial charge is 0.260 e. The molecule has 0 heterocycles. The molecule has 0 aromatic heterocycles. The van der Waals surface area contributed by atoms with Crippen molar-refractivity contribution < 1.29 is 8.42 Å². The van der Waals surface area contributed by atoms with Crippen molar-refractivity contribution in [1.29, 1.82) is 0 Å². The van der Waals surface area contributed by atoms with Gasteiger partial charge in [-0.1, -0.05) is 29.8 Å². The van der Waals surface area contributed by atoms with Crippen LogP contribution in [0.25, 0.3) is 0 Å². The van der Waals surface area contributed by atoms with E-state index in [0.29, 0.717) is 16.5 Å². The van der Waals surface area contributed by atoms with E-state index in [1.165, 1.54) is 10.8 Å². The van der Waals surface area contributed by atoms with Gasteiger partial charge in [0.25, 0.3) is 10.0 Å². The first-order valence-corrected chi connectivity index (χ1v) is 10.1. The molecule has 0 aliphatic rings. The van der Waals surface area contributed by atoms with E-state index in [4.69, 9.17) is 11.6 Å². The fraction of sp³-hybridized carbons (Fsp3) is 0.235. The maximum atomic E-state index is 12.5. The zero-order valence-corrected chi connectivity index (χ0v) is 16.6. The predicted octanol–water partition coefficient (Wildman–Crippen LogP) is 4.13. The second-order valence-corrected chi connectivity index (χ2v) is 8.99. The first kappa shape index (κ1) is 19.9. The molecule has 0 spiro atoms. The first-order valence-electron chi connectivity index (χ1n) is 7.55. The molecule has 0 atom stereocenters. The molecule has 2 rings (SSSR count). The fourth-order valence-corrected chi connectivity index (χ4v) is 4.46. The van der Waals surface area contributed by atoms with Crippen LogP contribution in [0.1, 0.15) is 11.1 Å². The summed E-state index contributed by atoms with van der Waals surface area (Å²) in [5.41, 5.74) is 2.53. The molecule has 5 nitrogen and oxygen atoms in total. The molecule has 2 aromatic rings. The van der Waals surface area contributed by atoms with Crippen LogP contribution in [0.4, 0.5) is 5.69 Å². The average Bonchev–Trinajstić information content (AvgIpc) is 2.56. The van der Waals surface area contributed by atoms with Gasteiger partial charge in [0.1, 0.15) is 0 Å². The summed E-state index contributed by atoms with van der Waals surface area (Å²) in [4.78, 5) is 4.65. The Labute approximate surface area is 158 Å². The van der Waals surface area contributed by atoms with Crippen LogP contribution in [0.3, 0.4) is 0 Å². The van der Waals surface area contributed by atoms with Gasteiger partial charge in [-0.3, -0.25) is 4.99 Å². The second-order valence-electron chi connectivity index (χ2n) is 5.36. The molecule has 0 unspecified atom stereocenters. The molecular formula is C17H20ClN3O2S2. The Kier molecular flexibility index (Phi) is 7.04. The molecule has 2 aromatic carbocycles. The minimum absolute atomic E-state index is 0.303. The van der Waals surface area contributed by atoms with Gasteiger partial charge in [0, 0.05) is 37.0 Å². The van der Waals surface area contributed by atoms with Crippen molar-refractivity contribution in [3.05, 3.63) is 58.6 Å². The summed E-state index contributed by atoms with van der Waals surface area (Å²) in [5, 5.41) is 0.674. The highest BCUT2D eigenvalue weighted by Gasteiger charge is 2.22. The highest BCUT2D eigenvalue weighted by molar-refractivity contribution is 8.07. The number of sulfonamides is 1. The van der Waals surface area contributed by atoms with E-state index in [-0.39, 0.29) is 0 Å². The number of benzene rings is 2. The van der Waals surface area contributed by atoms with Crippen molar-refractivity contribution in [3.8, 4) is 0 Å². The summed E-state index contributed by atoms with van der Waals surface area (Å²) in [6.07, 6.45) is 1.69. The molecule has 1 N–H and O–H groups in total. The van der Waals surface area contributed by atoms with E-state index in [0.717, 1.165) is 28.9 Å². The van der Waals surface area contributed by atoms with Gasteiger partial charge in [0.15, 0.2) is 0 Å². The number of halogens is 1. The van der Waals surface area contributed by atoms with Crippen molar-refractivity contribution in [2.24, 2.45) is 4.99 Å². The zero-order chi connectivity index (χ0) is 18.4. The Morgan fingerprint density at radius 2 is 1.92 bits per heavy atom. The van der Waals surface area contributed by atoms with Crippen LogP contribution < -0.4 is 4.72 Å². The highest BCUT2D eigenvalue weighted by Crippen LogP contribution is 2.23. The molecule has 0 saturated heterocycles. The summed E-state index contributed by atoms with van der Waals surface area (Å²) in [6, 6.07) is 12.4. The van der Waals surface area contributed by atoms with Crippen LogP contribution in [0, 0.1) is 13.8 Å². The molecule has 0 radical (unpaired) electrons. The quantitative estimate of drug-likeness (QED) is 0.433. The number of nitrogens with one attached hydrogen (secondary N) is 1. The summed E-state index contributed by atoms with van der Waals surface area (Å²) in [6.45, 7) is 4.13. The maximum absolute atomic E-state index is 12.5. The minimum atomic E-state index is -3.55. The van der Waals surface area contributed by atoms with E-state index in [9.17, 15) is 8.42 Å².